The Labute approximate surface area is 103 Å². The van der Waals surface area contributed by atoms with E-state index in [1.54, 1.807) is 0 Å². The quantitative estimate of drug-likeness (QED) is 0.721. The summed E-state index contributed by atoms with van der Waals surface area (Å²) in [6, 6.07) is 6.65. The van der Waals surface area contributed by atoms with Crippen molar-refractivity contribution in [3.63, 3.8) is 0 Å². The molecule has 0 nitrogen and oxygen atoms in total. The van der Waals surface area contributed by atoms with Crippen LogP contribution < -0.4 is 0 Å². The third-order valence-corrected chi connectivity index (χ3v) is 2.99. The molecule has 1 aromatic rings. The van der Waals surface area contributed by atoms with Crippen molar-refractivity contribution in [2.24, 2.45) is 0 Å². The zero-order valence-electron chi connectivity index (χ0n) is 8.48. The van der Waals surface area contributed by atoms with Gasteiger partial charge in [0.25, 0.3) is 0 Å². The summed E-state index contributed by atoms with van der Waals surface area (Å²) in [7, 11) is 0. The van der Waals surface area contributed by atoms with E-state index in [0.29, 0.717) is 0 Å². The molecule has 0 aliphatic carbocycles. The Kier molecular flexibility index (Phi) is 4.90. The second kappa shape index (κ2) is 5.72. The SMILES string of the molecule is Cc1cc(C)cc(C(=CCBr)CBr)c1. The lowest BCUT2D eigenvalue weighted by Crippen LogP contribution is -1.89. The van der Waals surface area contributed by atoms with Gasteiger partial charge >= 0.3 is 0 Å². The smallest absolute Gasteiger partial charge is 0.0286 e. The summed E-state index contributed by atoms with van der Waals surface area (Å²) in [6.45, 7) is 4.27. The van der Waals surface area contributed by atoms with Crippen LogP contribution in [0.2, 0.25) is 0 Å². The van der Waals surface area contributed by atoms with Crippen molar-refractivity contribution in [2.75, 3.05) is 10.7 Å². The van der Waals surface area contributed by atoms with Crippen LogP contribution in [0.3, 0.4) is 0 Å². The lowest BCUT2D eigenvalue weighted by atomic mass is 10.0. The van der Waals surface area contributed by atoms with Crippen LogP contribution >= 0.6 is 31.9 Å². The number of aryl methyl sites for hydroxylation is 2. The minimum atomic E-state index is 0.904. The van der Waals surface area contributed by atoms with Crippen molar-refractivity contribution in [1.29, 1.82) is 0 Å². The maximum Gasteiger partial charge on any atom is 0.0286 e. The average Bonchev–Trinajstić information content (AvgIpc) is 2.12. The molecule has 76 valence electrons. The third-order valence-electron chi connectivity index (χ3n) is 2.06. The first-order valence-electron chi connectivity index (χ1n) is 4.57. The van der Waals surface area contributed by atoms with Gasteiger partial charge in [-0.05, 0) is 25.0 Å². The fourth-order valence-corrected chi connectivity index (χ4v) is 2.45. The number of allylic oxidation sites excluding steroid dienone is 2. The van der Waals surface area contributed by atoms with E-state index in [0.717, 1.165) is 10.7 Å². The van der Waals surface area contributed by atoms with Gasteiger partial charge in [0.05, 0.1) is 0 Å². The Bertz CT molecular complexity index is 320. The van der Waals surface area contributed by atoms with Crippen LogP contribution in [0.5, 0.6) is 0 Å². The Hall–Kier alpha value is -0.0800. The van der Waals surface area contributed by atoms with Gasteiger partial charge in [-0.2, -0.15) is 0 Å². The number of hydrogen-bond donors (Lipinski definition) is 0. The average molecular weight is 318 g/mol. The summed E-state index contributed by atoms with van der Waals surface area (Å²) in [5.41, 5.74) is 5.30. The molecule has 0 aromatic heterocycles. The van der Waals surface area contributed by atoms with Crippen molar-refractivity contribution in [3.05, 3.63) is 41.0 Å². The molecule has 0 radical (unpaired) electrons. The van der Waals surface area contributed by atoms with Crippen molar-refractivity contribution in [1.82, 2.24) is 0 Å². The van der Waals surface area contributed by atoms with E-state index in [1.807, 2.05) is 0 Å². The molecule has 0 spiro atoms. The van der Waals surface area contributed by atoms with Gasteiger partial charge in [0.1, 0.15) is 0 Å². The molecule has 0 amide bonds. The van der Waals surface area contributed by atoms with E-state index in [9.17, 15) is 0 Å². The molecule has 14 heavy (non-hydrogen) atoms. The molecule has 2 heteroatoms. The summed E-state index contributed by atoms with van der Waals surface area (Å²) in [6.07, 6.45) is 2.20. The Balaban J connectivity index is 3.10. The highest BCUT2D eigenvalue weighted by molar-refractivity contribution is 9.09. The largest absolute Gasteiger partial charge is 0.0883 e. The van der Waals surface area contributed by atoms with Crippen LogP contribution in [-0.2, 0) is 0 Å². The molecule has 0 saturated heterocycles. The first kappa shape index (κ1) is 12.0. The molecule has 0 unspecified atom stereocenters. The summed E-state index contributed by atoms with van der Waals surface area (Å²) in [5.74, 6) is 0. The van der Waals surface area contributed by atoms with E-state index in [4.69, 9.17) is 0 Å². The maximum atomic E-state index is 3.51. The predicted octanol–water partition coefficient (Wildman–Crippen LogP) is 4.48. The van der Waals surface area contributed by atoms with Crippen molar-refractivity contribution in [2.45, 2.75) is 13.8 Å². The second-order valence-electron chi connectivity index (χ2n) is 3.39. The highest BCUT2D eigenvalue weighted by Gasteiger charge is 2.00. The van der Waals surface area contributed by atoms with Crippen LogP contribution in [-0.4, -0.2) is 10.7 Å². The third kappa shape index (κ3) is 3.25. The van der Waals surface area contributed by atoms with Crippen LogP contribution in [0.25, 0.3) is 5.57 Å². The fourth-order valence-electron chi connectivity index (χ4n) is 1.50. The molecule has 0 bridgehead atoms. The van der Waals surface area contributed by atoms with Crippen molar-refractivity contribution >= 4 is 37.4 Å². The summed E-state index contributed by atoms with van der Waals surface area (Å²) < 4.78 is 0. The Morgan fingerprint density at radius 3 is 2.14 bits per heavy atom. The molecule has 1 aromatic carbocycles. The Morgan fingerprint density at radius 2 is 1.71 bits per heavy atom. The number of alkyl halides is 2. The van der Waals surface area contributed by atoms with Crippen molar-refractivity contribution in [3.8, 4) is 0 Å². The van der Waals surface area contributed by atoms with Gasteiger partial charge in [-0.25, -0.2) is 0 Å². The standard InChI is InChI=1S/C12H14Br2/c1-9-5-10(2)7-12(6-9)11(8-14)3-4-13/h3,5-7H,4,8H2,1-2H3. The first-order valence-corrected chi connectivity index (χ1v) is 6.81. The zero-order valence-corrected chi connectivity index (χ0v) is 11.7. The molecule has 0 aliphatic rings. The van der Waals surface area contributed by atoms with E-state index in [2.05, 4.69) is 70.0 Å². The first-order chi connectivity index (χ1) is 6.67. The molecule has 0 aliphatic heterocycles. The maximum absolute atomic E-state index is 3.51. The summed E-state index contributed by atoms with van der Waals surface area (Å²) >= 11 is 6.94. The second-order valence-corrected chi connectivity index (χ2v) is 4.60. The summed E-state index contributed by atoms with van der Waals surface area (Å²) in [5, 5.41) is 1.81. The minimum Gasteiger partial charge on any atom is -0.0883 e. The van der Waals surface area contributed by atoms with Gasteiger partial charge in [0.15, 0.2) is 0 Å². The highest BCUT2D eigenvalue weighted by Crippen LogP contribution is 2.20. The van der Waals surface area contributed by atoms with E-state index < -0.39 is 0 Å². The van der Waals surface area contributed by atoms with Gasteiger partial charge < -0.3 is 0 Å². The number of halogens is 2. The normalized spacial score (nSPS) is 11.9. The molecule has 0 N–H and O–H groups in total. The fraction of sp³-hybridized carbons (Fsp3) is 0.333. The van der Waals surface area contributed by atoms with Crippen LogP contribution in [0, 0.1) is 13.8 Å². The number of benzene rings is 1. The molecule has 0 heterocycles. The van der Waals surface area contributed by atoms with Gasteiger partial charge in [-0.15, -0.1) is 0 Å². The van der Waals surface area contributed by atoms with Crippen molar-refractivity contribution < 1.29 is 0 Å². The van der Waals surface area contributed by atoms with Gasteiger partial charge in [-0.1, -0.05) is 67.3 Å². The number of hydrogen-bond acceptors (Lipinski definition) is 0. The minimum absolute atomic E-state index is 0.904. The lowest BCUT2D eigenvalue weighted by Gasteiger charge is -2.06. The van der Waals surface area contributed by atoms with Gasteiger partial charge in [-0.3, -0.25) is 0 Å². The van der Waals surface area contributed by atoms with Crippen LogP contribution in [0.4, 0.5) is 0 Å². The van der Waals surface area contributed by atoms with E-state index >= 15 is 0 Å². The van der Waals surface area contributed by atoms with Gasteiger partial charge in [0.2, 0.25) is 0 Å². The van der Waals surface area contributed by atoms with E-state index in [-0.39, 0.29) is 0 Å². The molecule has 0 saturated carbocycles. The molecule has 0 fully saturated rings. The predicted molar refractivity (Wildman–Crippen MR) is 71.5 cm³/mol. The molecule has 1 rings (SSSR count). The molecular formula is C12H14Br2. The lowest BCUT2D eigenvalue weighted by molar-refractivity contribution is 1.36. The van der Waals surface area contributed by atoms with Gasteiger partial charge in [0, 0.05) is 10.7 Å². The highest BCUT2D eigenvalue weighted by atomic mass is 79.9. The molecule has 0 atom stereocenters. The summed E-state index contributed by atoms with van der Waals surface area (Å²) in [4.78, 5) is 0. The Morgan fingerprint density at radius 1 is 1.14 bits per heavy atom. The topological polar surface area (TPSA) is 0 Å². The number of rotatable bonds is 3. The monoisotopic (exact) mass is 316 g/mol. The zero-order chi connectivity index (χ0) is 10.6. The van der Waals surface area contributed by atoms with E-state index in [1.165, 1.54) is 22.3 Å². The van der Waals surface area contributed by atoms with Crippen LogP contribution in [0.1, 0.15) is 16.7 Å². The molecular weight excluding hydrogens is 304 g/mol. The van der Waals surface area contributed by atoms with Crippen LogP contribution in [0.15, 0.2) is 24.3 Å².